The number of aromatic nitrogens is 1. The second kappa shape index (κ2) is 9.96. The third kappa shape index (κ3) is 5.86. The summed E-state index contributed by atoms with van der Waals surface area (Å²) >= 11 is 1.80. The molecule has 1 fully saturated rings. The van der Waals surface area contributed by atoms with Crippen LogP contribution in [0.15, 0.2) is 5.38 Å². The molecule has 0 aromatic carbocycles. The molecule has 0 aliphatic carbocycles. The summed E-state index contributed by atoms with van der Waals surface area (Å²) in [4.78, 5) is 7.21. The maximum atomic E-state index is 4.73. The first-order chi connectivity index (χ1) is 8.66. The minimum absolute atomic E-state index is 0. The Balaban J connectivity index is 0.00000180. The van der Waals surface area contributed by atoms with Gasteiger partial charge in [0, 0.05) is 23.9 Å². The number of nitrogens with zero attached hydrogens (tertiary/aromatic N) is 2. The molecule has 1 aromatic rings. The van der Waals surface area contributed by atoms with Crippen LogP contribution in [0.25, 0.3) is 0 Å². The standard InChI is InChI=1S/C14H25N3S.2ClH/c1-11(2)14-16-12(10-18-14)9-17(3)13-5-4-7-15-8-6-13;;/h10-11,13,15H,4-9H2,1-3H3;2*1H. The number of hydrogen-bond acceptors (Lipinski definition) is 4. The van der Waals surface area contributed by atoms with E-state index < -0.39 is 0 Å². The molecule has 1 aliphatic heterocycles. The lowest BCUT2D eigenvalue weighted by molar-refractivity contribution is 0.214. The van der Waals surface area contributed by atoms with E-state index in [9.17, 15) is 0 Å². The van der Waals surface area contributed by atoms with Gasteiger partial charge in [0.25, 0.3) is 0 Å². The van der Waals surface area contributed by atoms with Crippen molar-refractivity contribution in [2.45, 2.75) is 51.6 Å². The molecule has 0 amide bonds. The number of halogens is 2. The van der Waals surface area contributed by atoms with Gasteiger partial charge >= 0.3 is 0 Å². The van der Waals surface area contributed by atoms with Gasteiger partial charge in [-0.05, 0) is 39.4 Å². The highest BCUT2D eigenvalue weighted by Crippen LogP contribution is 2.21. The Hall–Kier alpha value is 0.130. The predicted molar refractivity (Wildman–Crippen MR) is 92.7 cm³/mol. The fourth-order valence-corrected chi connectivity index (χ4v) is 3.31. The zero-order valence-electron chi connectivity index (χ0n) is 12.6. The second-order valence-electron chi connectivity index (χ2n) is 5.58. The van der Waals surface area contributed by atoms with Crippen LogP contribution in [0.1, 0.15) is 49.7 Å². The molecule has 20 heavy (non-hydrogen) atoms. The predicted octanol–water partition coefficient (Wildman–Crippen LogP) is 3.68. The average molecular weight is 340 g/mol. The Labute approximate surface area is 139 Å². The number of hydrogen-bond donors (Lipinski definition) is 1. The molecular weight excluding hydrogens is 313 g/mol. The molecule has 2 rings (SSSR count). The first kappa shape index (κ1) is 20.1. The van der Waals surface area contributed by atoms with Crippen molar-refractivity contribution >= 4 is 36.2 Å². The van der Waals surface area contributed by atoms with Crippen molar-refractivity contribution in [1.82, 2.24) is 15.2 Å². The molecule has 0 spiro atoms. The van der Waals surface area contributed by atoms with Gasteiger partial charge in [-0.15, -0.1) is 36.2 Å². The summed E-state index contributed by atoms with van der Waals surface area (Å²) in [7, 11) is 2.24. The lowest BCUT2D eigenvalue weighted by atomic mass is 10.1. The van der Waals surface area contributed by atoms with Crippen molar-refractivity contribution < 1.29 is 0 Å². The first-order valence-electron chi connectivity index (χ1n) is 7.02. The molecule has 0 radical (unpaired) electrons. The lowest BCUT2D eigenvalue weighted by Gasteiger charge is -2.25. The quantitative estimate of drug-likeness (QED) is 0.906. The van der Waals surface area contributed by atoms with Crippen molar-refractivity contribution in [2.24, 2.45) is 0 Å². The van der Waals surface area contributed by atoms with Gasteiger partial charge in [-0.1, -0.05) is 13.8 Å². The van der Waals surface area contributed by atoms with E-state index in [4.69, 9.17) is 4.98 Å². The van der Waals surface area contributed by atoms with Crippen LogP contribution in [0.5, 0.6) is 0 Å². The van der Waals surface area contributed by atoms with Crippen LogP contribution in [0.2, 0.25) is 0 Å². The summed E-state index contributed by atoms with van der Waals surface area (Å²) in [6, 6.07) is 0.712. The highest BCUT2D eigenvalue weighted by molar-refractivity contribution is 7.09. The number of thiazole rings is 1. The molecule has 2 heterocycles. The zero-order valence-corrected chi connectivity index (χ0v) is 15.0. The van der Waals surface area contributed by atoms with Gasteiger partial charge in [0.05, 0.1) is 10.7 Å². The summed E-state index contributed by atoms with van der Waals surface area (Å²) in [6.07, 6.45) is 3.87. The molecule has 1 saturated heterocycles. The van der Waals surface area contributed by atoms with E-state index in [0.29, 0.717) is 12.0 Å². The van der Waals surface area contributed by atoms with Gasteiger partial charge in [-0.2, -0.15) is 0 Å². The van der Waals surface area contributed by atoms with Crippen molar-refractivity contribution in [2.75, 3.05) is 20.1 Å². The number of rotatable bonds is 4. The van der Waals surface area contributed by atoms with Gasteiger partial charge < -0.3 is 5.32 Å². The largest absolute Gasteiger partial charge is 0.317 e. The molecule has 1 atom stereocenters. The van der Waals surface area contributed by atoms with Crippen LogP contribution in [0.3, 0.4) is 0 Å². The fraction of sp³-hybridized carbons (Fsp3) is 0.786. The molecule has 0 bridgehead atoms. The van der Waals surface area contributed by atoms with E-state index in [1.807, 2.05) is 0 Å². The van der Waals surface area contributed by atoms with Gasteiger partial charge in [0.2, 0.25) is 0 Å². The molecule has 1 aliphatic rings. The van der Waals surface area contributed by atoms with Gasteiger partial charge in [-0.3, -0.25) is 4.90 Å². The average Bonchev–Trinajstić information content (AvgIpc) is 2.64. The van der Waals surface area contributed by atoms with E-state index in [-0.39, 0.29) is 24.8 Å². The van der Waals surface area contributed by atoms with E-state index in [2.05, 4.69) is 36.5 Å². The normalized spacial score (nSPS) is 19.4. The van der Waals surface area contributed by atoms with Crippen LogP contribution < -0.4 is 5.32 Å². The van der Waals surface area contributed by atoms with Crippen LogP contribution in [-0.4, -0.2) is 36.1 Å². The lowest BCUT2D eigenvalue weighted by Crippen LogP contribution is -2.32. The molecule has 1 aromatic heterocycles. The molecule has 6 heteroatoms. The Morgan fingerprint density at radius 1 is 1.35 bits per heavy atom. The molecule has 0 saturated carbocycles. The van der Waals surface area contributed by atoms with Gasteiger partial charge in [0.15, 0.2) is 0 Å². The molecule has 1 unspecified atom stereocenters. The van der Waals surface area contributed by atoms with E-state index >= 15 is 0 Å². The minimum Gasteiger partial charge on any atom is -0.317 e. The van der Waals surface area contributed by atoms with Gasteiger partial charge in [-0.25, -0.2) is 4.98 Å². The third-order valence-corrected chi connectivity index (χ3v) is 4.84. The fourth-order valence-electron chi connectivity index (χ4n) is 2.49. The van der Waals surface area contributed by atoms with E-state index in [1.54, 1.807) is 11.3 Å². The van der Waals surface area contributed by atoms with Crippen molar-refractivity contribution in [3.63, 3.8) is 0 Å². The summed E-state index contributed by atoms with van der Waals surface area (Å²) in [6.45, 7) is 7.75. The van der Waals surface area contributed by atoms with Crippen molar-refractivity contribution in [3.8, 4) is 0 Å². The Kier molecular flexibility index (Phi) is 10.0. The summed E-state index contributed by atoms with van der Waals surface area (Å²) in [5.74, 6) is 0.552. The maximum absolute atomic E-state index is 4.73. The van der Waals surface area contributed by atoms with Crippen LogP contribution in [0.4, 0.5) is 0 Å². The van der Waals surface area contributed by atoms with E-state index in [1.165, 1.54) is 36.5 Å². The molecule has 1 N–H and O–H groups in total. The summed E-state index contributed by atoms with van der Waals surface area (Å²) < 4.78 is 0. The minimum atomic E-state index is 0. The first-order valence-corrected chi connectivity index (χ1v) is 7.90. The zero-order chi connectivity index (χ0) is 13.0. The van der Waals surface area contributed by atoms with Gasteiger partial charge in [0.1, 0.15) is 0 Å². The summed E-state index contributed by atoms with van der Waals surface area (Å²) in [5.41, 5.74) is 1.24. The Morgan fingerprint density at radius 3 is 2.75 bits per heavy atom. The smallest absolute Gasteiger partial charge is 0.0954 e. The SMILES string of the molecule is CC(C)c1nc(CN(C)C2CCCNCC2)cs1.Cl.Cl. The topological polar surface area (TPSA) is 28.2 Å². The Morgan fingerprint density at radius 2 is 2.10 bits per heavy atom. The molecule has 118 valence electrons. The van der Waals surface area contributed by atoms with Crippen LogP contribution in [-0.2, 0) is 6.54 Å². The van der Waals surface area contributed by atoms with Crippen LogP contribution in [0, 0.1) is 0 Å². The number of nitrogens with one attached hydrogen (secondary N) is 1. The van der Waals surface area contributed by atoms with Crippen LogP contribution >= 0.6 is 36.2 Å². The van der Waals surface area contributed by atoms with Crippen molar-refractivity contribution in [3.05, 3.63) is 16.1 Å². The second-order valence-corrected chi connectivity index (χ2v) is 6.47. The molecule has 3 nitrogen and oxygen atoms in total. The van der Waals surface area contributed by atoms with E-state index in [0.717, 1.165) is 13.1 Å². The summed E-state index contributed by atoms with van der Waals surface area (Å²) in [5, 5.41) is 6.96. The highest BCUT2D eigenvalue weighted by Gasteiger charge is 2.17. The molecular formula is C14H27Cl2N3S. The Bertz CT molecular complexity index is 363. The highest BCUT2D eigenvalue weighted by atomic mass is 35.5. The van der Waals surface area contributed by atoms with Crippen molar-refractivity contribution in [1.29, 1.82) is 0 Å². The monoisotopic (exact) mass is 339 g/mol. The maximum Gasteiger partial charge on any atom is 0.0954 e. The third-order valence-electron chi connectivity index (χ3n) is 3.64.